The van der Waals surface area contributed by atoms with E-state index in [1.165, 1.54) is 4.31 Å². The van der Waals surface area contributed by atoms with E-state index >= 15 is 0 Å². The molecule has 0 spiro atoms. The first-order valence-electron chi connectivity index (χ1n) is 2.72. The van der Waals surface area contributed by atoms with Gasteiger partial charge in [0.15, 0.2) is 0 Å². The number of aliphatic hydroxyl groups is 1. The lowest BCUT2D eigenvalue weighted by atomic mass is 10.3. The smallest absolute Gasteiger partial charge is 0.0689 e. The van der Waals surface area contributed by atoms with Crippen LogP contribution in [-0.2, 0) is 11.3 Å². The third-order valence-corrected chi connectivity index (χ3v) is 2.09. The Morgan fingerprint density at radius 2 is 2.44 bits per heavy atom. The minimum Gasteiger partial charge on any atom is -0.760 e. The van der Waals surface area contributed by atoms with Gasteiger partial charge in [-0.1, -0.05) is 0 Å². The van der Waals surface area contributed by atoms with Crippen molar-refractivity contribution < 1.29 is 13.9 Å². The van der Waals surface area contributed by atoms with Crippen LogP contribution in [0.25, 0.3) is 0 Å². The molecule has 1 fully saturated rings. The van der Waals surface area contributed by atoms with Crippen molar-refractivity contribution in [3.8, 4) is 0 Å². The number of β-amino-alcohol motifs (C(OH)–C–C–N with tert-alkyl or cyclic N) is 1. The lowest BCUT2D eigenvalue weighted by Crippen LogP contribution is -2.23. The van der Waals surface area contributed by atoms with Crippen LogP contribution in [0.1, 0.15) is 6.42 Å². The Kier molecular flexibility index (Phi) is 2.18. The summed E-state index contributed by atoms with van der Waals surface area (Å²) < 4.78 is 21.5. The Morgan fingerprint density at radius 1 is 1.78 bits per heavy atom. The van der Waals surface area contributed by atoms with Crippen molar-refractivity contribution in [3.63, 3.8) is 0 Å². The van der Waals surface area contributed by atoms with E-state index in [0.717, 1.165) is 0 Å². The van der Waals surface area contributed by atoms with Gasteiger partial charge in [-0.25, -0.2) is 4.31 Å². The molecule has 1 aliphatic heterocycles. The molecule has 1 aliphatic rings. The Labute approximate surface area is 55.9 Å². The molecule has 0 aromatic carbocycles. The number of rotatable bonds is 1. The van der Waals surface area contributed by atoms with Gasteiger partial charge < -0.3 is 9.66 Å². The Bertz CT molecular complexity index is 129. The molecule has 1 unspecified atom stereocenters. The van der Waals surface area contributed by atoms with E-state index in [0.29, 0.717) is 13.0 Å². The van der Waals surface area contributed by atoms with Crippen molar-refractivity contribution in [1.82, 2.24) is 4.31 Å². The van der Waals surface area contributed by atoms with Crippen LogP contribution in [0.2, 0.25) is 0 Å². The first kappa shape index (κ1) is 7.14. The first-order valence-corrected chi connectivity index (χ1v) is 3.75. The maximum atomic E-state index is 10.2. The summed E-state index contributed by atoms with van der Waals surface area (Å²) in [4.78, 5) is 0. The molecular formula is C4H8NO3S-. The molecule has 54 valence electrons. The topological polar surface area (TPSA) is 63.6 Å². The van der Waals surface area contributed by atoms with E-state index in [4.69, 9.17) is 5.11 Å². The van der Waals surface area contributed by atoms with Crippen molar-refractivity contribution in [2.24, 2.45) is 0 Å². The second-order valence-electron chi connectivity index (χ2n) is 2.05. The normalized spacial score (nSPS) is 32.9. The van der Waals surface area contributed by atoms with E-state index in [-0.39, 0.29) is 6.54 Å². The summed E-state index contributed by atoms with van der Waals surface area (Å²) in [5, 5.41) is 8.83. The number of hydrogen-bond donors (Lipinski definition) is 1. The largest absolute Gasteiger partial charge is 0.760 e. The summed E-state index contributed by atoms with van der Waals surface area (Å²) >= 11 is -2.14. The van der Waals surface area contributed by atoms with Gasteiger partial charge in [0.2, 0.25) is 0 Å². The van der Waals surface area contributed by atoms with Crippen molar-refractivity contribution in [2.45, 2.75) is 12.5 Å². The fourth-order valence-corrected chi connectivity index (χ4v) is 1.39. The van der Waals surface area contributed by atoms with Crippen LogP contribution in [0, 0.1) is 0 Å². The van der Waals surface area contributed by atoms with Crippen LogP contribution < -0.4 is 0 Å². The van der Waals surface area contributed by atoms with Gasteiger partial charge in [-0.2, -0.15) is 0 Å². The lowest BCUT2D eigenvalue weighted by molar-refractivity contribution is 0.189. The summed E-state index contributed by atoms with van der Waals surface area (Å²) in [5.74, 6) is 0. The lowest BCUT2D eigenvalue weighted by Gasteiger charge is -2.16. The highest BCUT2D eigenvalue weighted by molar-refractivity contribution is 7.76. The highest BCUT2D eigenvalue weighted by Gasteiger charge is 2.19. The maximum Gasteiger partial charge on any atom is 0.0689 e. The zero-order chi connectivity index (χ0) is 6.85. The average molecular weight is 150 g/mol. The number of aliphatic hydroxyl groups excluding tert-OH is 1. The van der Waals surface area contributed by atoms with Gasteiger partial charge in [0, 0.05) is 24.4 Å². The highest BCUT2D eigenvalue weighted by Crippen LogP contribution is 2.08. The molecule has 1 rings (SSSR count). The molecule has 1 saturated heterocycles. The minimum atomic E-state index is -2.14. The van der Waals surface area contributed by atoms with Crippen LogP contribution in [0.5, 0.6) is 0 Å². The average Bonchev–Trinajstić information content (AvgIpc) is 2.14. The summed E-state index contributed by atoms with van der Waals surface area (Å²) in [7, 11) is 0. The van der Waals surface area contributed by atoms with Gasteiger partial charge in [0.1, 0.15) is 0 Å². The molecule has 5 heteroatoms. The summed E-state index contributed by atoms with van der Waals surface area (Å²) in [5.41, 5.74) is 0. The second-order valence-corrected chi connectivity index (χ2v) is 3.00. The molecule has 4 nitrogen and oxygen atoms in total. The van der Waals surface area contributed by atoms with Crippen LogP contribution >= 0.6 is 0 Å². The molecule has 1 N–H and O–H groups in total. The predicted octanol–water partition coefficient (Wildman–Crippen LogP) is -1.15. The zero-order valence-electron chi connectivity index (χ0n) is 4.82. The Hall–Kier alpha value is 0.0300. The van der Waals surface area contributed by atoms with Crippen LogP contribution in [0.3, 0.4) is 0 Å². The molecule has 9 heavy (non-hydrogen) atoms. The van der Waals surface area contributed by atoms with Gasteiger partial charge in [-0.15, -0.1) is 0 Å². The number of nitrogens with zero attached hydrogens (tertiary/aromatic N) is 1. The Morgan fingerprint density at radius 3 is 2.67 bits per heavy atom. The van der Waals surface area contributed by atoms with Gasteiger partial charge in [-0.3, -0.25) is 4.21 Å². The van der Waals surface area contributed by atoms with Gasteiger partial charge in [0.25, 0.3) is 0 Å². The van der Waals surface area contributed by atoms with Crippen molar-refractivity contribution >= 4 is 11.3 Å². The van der Waals surface area contributed by atoms with Gasteiger partial charge in [0.05, 0.1) is 6.10 Å². The fourth-order valence-electron chi connectivity index (χ4n) is 0.846. The second kappa shape index (κ2) is 2.74. The van der Waals surface area contributed by atoms with E-state index < -0.39 is 17.4 Å². The predicted molar refractivity (Wildman–Crippen MR) is 31.1 cm³/mol. The van der Waals surface area contributed by atoms with E-state index in [2.05, 4.69) is 0 Å². The number of hydrogen-bond acceptors (Lipinski definition) is 3. The molecule has 1 heterocycles. The Balaban J connectivity index is 2.39. The van der Waals surface area contributed by atoms with Crippen LogP contribution in [0.15, 0.2) is 0 Å². The monoisotopic (exact) mass is 150 g/mol. The molecule has 0 bridgehead atoms. The fraction of sp³-hybridized carbons (Fsp3) is 1.00. The van der Waals surface area contributed by atoms with E-state index in [1.807, 2.05) is 0 Å². The van der Waals surface area contributed by atoms with Crippen molar-refractivity contribution in [1.29, 1.82) is 0 Å². The molecule has 2 atom stereocenters. The van der Waals surface area contributed by atoms with E-state index in [9.17, 15) is 8.76 Å². The van der Waals surface area contributed by atoms with Crippen LogP contribution in [0.4, 0.5) is 0 Å². The molecule has 0 aromatic rings. The van der Waals surface area contributed by atoms with Gasteiger partial charge >= 0.3 is 0 Å². The van der Waals surface area contributed by atoms with Crippen LogP contribution in [-0.4, -0.2) is 37.4 Å². The zero-order valence-corrected chi connectivity index (χ0v) is 5.63. The van der Waals surface area contributed by atoms with Crippen molar-refractivity contribution in [3.05, 3.63) is 0 Å². The molecule has 0 saturated carbocycles. The molecule has 0 aromatic heterocycles. The molecule has 0 aliphatic carbocycles. The van der Waals surface area contributed by atoms with E-state index in [1.54, 1.807) is 0 Å². The third-order valence-electron chi connectivity index (χ3n) is 1.34. The highest BCUT2D eigenvalue weighted by atomic mass is 32.2. The summed E-state index contributed by atoms with van der Waals surface area (Å²) in [6.07, 6.45) is 0.108. The third kappa shape index (κ3) is 1.72. The summed E-state index contributed by atoms with van der Waals surface area (Å²) in [6.45, 7) is 0.716. The minimum absolute atomic E-state index is 0.260. The maximum absolute atomic E-state index is 10.2. The molecule has 0 radical (unpaired) electrons. The summed E-state index contributed by atoms with van der Waals surface area (Å²) in [6, 6.07) is 0. The SMILES string of the molecule is O=S([O-])N1CC[C@@H](O)C1. The standard InChI is InChI=1S/C4H9NO3S/c6-4-1-2-5(3-4)9(7)8/h4,6H,1-3H2,(H,7,8)/p-1/t4-/m1/s1. The van der Waals surface area contributed by atoms with Gasteiger partial charge in [-0.05, 0) is 6.42 Å². The van der Waals surface area contributed by atoms with Crippen molar-refractivity contribution in [2.75, 3.05) is 13.1 Å². The first-order chi connectivity index (χ1) is 4.20. The molecular weight excluding hydrogens is 142 g/mol. The quantitative estimate of drug-likeness (QED) is 0.480. The molecule has 0 amide bonds.